The number of carbonyl (C=O) groups excluding carboxylic acids is 1. The molecule has 1 rings (SSSR count). The minimum absolute atomic E-state index is 0.173. The standard InChI is InChI=1S/C36H71NO6/c1-3-5-7-9-11-13-14-15-16-17-18-19-20-22-24-26-28-37-36(42)30(27-25-23-21-12-10-8-6-4-2)35-34(41)33(40)32(39)31(29-38)43-35/h30-35,38-41H,3-29H2,1-2H3,(H,37,42)/t30?,31-,32-,33+,34-,35?/m1/s1. The highest BCUT2D eigenvalue weighted by atomic mass is 16.5. The van der Waals surface area contributed by atoms with Crippen LogP contribution in [0.25, 0.3) is 0 Å². The van der Waals surface area contributed by atoms with Gasteiger partial charge in [0.15, 0.2) is 0 Å². The lowest BCUT2D eigenvalue weighted by molar-refractivity contribution is -0.240. The van der Waals surface area contributed by atoms with Gasteiger partial charge in [-0.25, -0.2) is 0 Å². The summed E-state index contributed by atoms with van der Waals surface area (Å²) < 4.78 is 5.80. The molecule has 1 fully saturated rings. The summed E-state index contributed by atoms with van der Waals surface area (Å²) in [6.45, 7) is 4.59. The first-order valence-corrected chi connectivity index (χ1v) is 18.6. The first kappa shape index (κ1) is 40.3. The summed E-state index contributed by atoms with van der Waals surface area (Å²) >= 11 is 0. The Bertz CT molecular complexity index is 633. The van der Waals surface area contributed by atoms with Crippen molar-refractivity contribution in [1.29, 1.82) is 0 Å². The monoisotopic (exact) mass is 614 g/mol. The second kappa shape index (κ2) is 27.6. The summed E-state index contributed by atoms with van der Waals surface area (Å²) in [5.41, 5.74) is 0. The molecule has 0 spiro atoms. The molecule has 0 aromatic rings. The molecule has 0 radical (unpaired) electrons. The van der Waals surface area contributed by atoms with Crippen LogP contribution in [0.15, 0.2) is 0 Å². The summed E-state index contributed by atoms with van der Waals surface area (Å²) in [6.07, 6.45) is 24.4. The molecule has 7 heteroatoms. The lowest BCUT2D eigenvalue weighted by Gasteiger charge is -2.42. The van der Waals surface area contributed by atoms with Gasteiger partial charge in [-0.15, -0.1) is 0 Å². The van der Waals surface area contributed by atoms with Crippen molar-refractivity contribution in [3.05, 3.63) is 0 Å². The largest absolute Gasteiger partial charge is 0.394 e. The molecule has 0 aromatic heterocycles. The zero-order valence-corrected chi connectivity index (χ0v) is 28.2. The van der Waals surface area contributed by atoms with Crippen molar-refractivity contribution in [1.82, 2.24) is 5.32 Å². The predicted molar refractivity (Wildman–Crippen MR) is 177 cm³/mol. The molecule has 0 saturated carbocycles. The summed E-state index contributed by atoms with van der Waals surface area (Å²) in [7, 11) is 0. The van der Waals surface area contributed by atoms with E-state index in [0.717, 1.165) is 32.1 Å². The first-order chi connectivity index (χ1) is 21.0. The van der Waals surface area contributed by atoms with E-state index in [2.05, 4.69) is 19.2 Å². The average Bonchev–Trinajstić information content (AvgIpc) is 3.01. The van der Waals surface area contributed by atoms with E-state index in [1.807, 2.05) is 0 Å². The number of carbonyl (C=O) groups is 1. The minimum Gasteiger partial charge on any atom is -0.394 e. The van der Waals surface area contributed by atoms with Gasteiger partial charge in [-0.1, -0.05) is 162 Å². The van der Waals surface area contributed by atoms with Crippen LogP contribution < -0.4 is 5.32 Å². The Hall–Kier alpha value is -0.730. The van der Waals surface area contributed by atoms with E-state index in [1.165, 1.54) is 122 Å². The SMILES string of the molecule is CCCCCCCCCCCCCCCCCCNC(=O)C(CCCCCCCCCC)C1O[C@H](CO)[C@@H](O)[C@H](O)[C@H]1O. The van der Waals surface area contributed by atoms with Gasteiger partial charge in [-0.3, -0.25) is 4.79 Å². The topological polar surface area (TPSA) is 119 Å². The Morgan fingerprint density at radius 2 is 0.977 bits per heavy atom. The van der Waals surface area contributed by atoms with Crippen LogP contribution in [-0.4, -0.2) is 70.0 Å². The molecule has 5 N–H and O–H groups in total. The van der Waals surface area contributed by atoms with E-state index < -0.39 is 43.0 Å². The Labute approximate surface area is 265 Å². The van der Waals surface area contributed by atoms with Gasteiger partial charge < -0.3 is 30.5 Å². The Kier molecular flexibility index (Phi) is 25.8. The van der Waals surface area contributed by atoms with Gasteiger partial charge in [0.2, 0.25) is 5.91 Å². The van der Waals surface area contributed by atoms with E-state index in [9.17, 15) is 25.2 Å². The third-order valence-corrected chi connectivity index (χ3v) is 9.36. The lowest BCUT2D eigenvalue weighted by atomic mass is 9.84. The number of rotatable bonds is 29. The molecule has 1 saturated heterocycles. The van der Waals surface area contributed by atoms with E-state index in [4.69, 9.17) is 4.74 Å². The first-order valence-electron chi connectivity index (χ1n) is 18.6. The van der Waals surface area contributed by atoms with Crippen molar-refractivity contribution >= 4 is 5.91 Å². The molecule has 43 heavy (non-hydrogen) atoms. The highest BCUT2D eigenvalue weighted by Gasteiger charge is 2.47. The van der Waals surface area contributed by atoms with Crippen molar-refractivity contribution in [3.63, 3.8) is 0 Å². The Morgan fingerprint density at radius 1 is 0.581 bits per heavy atom. The normalized spacial score (nSPS) is 23.0. The molecule has 0 aromatic carbocycles. The maximum Gasteiger partial charge on any atom is 0.225 e. The third kappa shape index (κ3) is 18.7. The number of ether oxygens (including phenoxy) is 1. The molecule has 6 atom stereocenters. The Morgan fingerprint density at radius 3 is 1.40 bits per heavy atom. The number of unbranched alkanes of at least 4 members (excludes halogenated alkanes) is 22. The molecular formula is C36H71NO6. The number of aliphatic hydroxyl groups is 4. The number of aliphatic hydroxyl groups excluding tert-OH is 4. The zero-order valence-electron chi connectivity index (χ0n) is 28.2. The third-order valence-electron chi connectivity index (χ3n) is 9.36. The smallest absolute Gasteiger partial charge is 0.225 e. The predicted octanol–water partition coefficient (Wildman–Crippen LogP) is 7.35. The van der Waals surface area contributed by atoms with Gasteiger partial charge in [0, 0.05) is 6.54 Å². The van der Waals surface area contributed by atoms with Gasteiger partial charge in [0.1, 0.15) is 24.4 Å². The van der Waals surface area contributed by atoms with Crippen molar-refractivity contribution in [2.45, 2.75) is 205 Å². The van der Waals surface area contributed by atoms with Crippen LogP contribution in [-0.2, 0) is 9.53 Å². The van der Waals surface area contributed by atoms with Crippen LogP contribution >= 0.6 is 0 Å². The van der Waals surface area contributed by atoms with Gasteiger partial charge in [0.05, 0.1) is 18.6 Å². The van der Waals surface area contributed by atoms with E-state index in [1.54, 1.807) is 0 Å². The maximum atomic E-state index is 13.3. The number of hydrogen-bond donors (Lipinski definition) is 5. The summed E-state index contributed by atoms with van der Waals surface area (Å²) in [6, 6.07) is 0. The van der Waals surface area contributed by atoms with Crippen LogP contribution in [0, 0.1) is 5.92 Å². The molecule has 1 amide bonds. The zero-order chi connectivity index (χ0) is 31.5. The molecule has 0 aliphatic carbocycles. The van der Waals surface area contributed by atoms with Crippen molar-refractivity contribution in [2.24, 2.45) is 5.92 Å². The van der Waals surface area contributed by atoms with Crippen molar-refractivity contribution in [3.8, 4) is 0 Å². The van der Waals surface area contributed by atoms with Gasteiger partial charge in [0.25, 0.3) is 0 Å². The Balaban J connectivity index is 2.28. The van der Waals surface area contributed by atoms with Crippen LogP contribution in [0.2, 0.25) is 0 Å². The minimum atomic E-state index is -1.45. The van der Waals surface area contributed by atoms with Crippen LogP contribution in [0.5, 0.6) is 0 Å². The van der Waals surface area contributed by atoms with Crippen LogP contribution in [0.1, 0.15) is 174 Å². The highest BCUT2D eigenvalue weighted by Crippen LogP contribution is 2.29. The summed E-state index contributed by atoms with van der Waals surface area (Å²) in [5, 5.41) is 43.9. The molecular weight excluding hydrogens is 542 g/mol. The van der Waals surface area contributed by atoms with E-state index in [0.29, 0.717) is 13.0 Å². The molecule has 1 aliphatic heterocycles. The molecule has 1 aliphatic rings. The van der Waals surface area contributed by atoms with Gasteiger partial charge in [-0.05, 0) is 12.8 Å². The van der Waals surface area contributed by atoms with E-state index >= 15 is 0 Å². The highest BCUT2D eigenvalue weighted by molar-refractivity contribution is 5.79. The number of amides is 1. The maximum absolute atomic E-state index is 13.3. The van der Waals surface area contributed by atoms with Crippen molar-refractivity contribution < 1.29 is 30.0 Å². The van der Waals surface area contributed by atoms with Gasteiger partial charge in [-0.2, -0.15) is 0 Å². The van der Waals surface area contributed by atoms with Crippen LogP contribution in [0.3, 0.4) is 0 Å². The number of hydrogen-bond acceptors (Lipinski definition) is 6. The second-order valence-electron chi connectivity index (χ2n) is 13.3. The molecule has 7 nitrogen and oxygen atoms in total. The fraction of sp³-hybridized carbons (Fsp3) is 0.972. The fourth-order valence-corrected chi connectivity index (χ4v) is 6.42. The van der Waals surface area contributed by atoms with Crippen molar-refractivity contribution in [2.75, 3.05) is 13.2 Å². The van der Waals surface area contributed by atoms with Crippen LogP contribution in [0.4, 0.5) is 0 Å². The molecule has 0 bridgehead atoms. The lowest BCUT2D eigenvalue weighted by Crippen LogP contribution is -2.61. The average molecular weight is 614 g/mol. The molecule has 2 unspecified atom stereocenters. The number of nitrogens with one attached hydrogen (secondary N) is 1. The molecule has 1 heterocycles. The summed E-state index contributed by atoms with van der Waals surface area (Å²) in [4.78, 5) is 13.3. The van der Waals surface area contributed by atoms with Gasteiger partial charge >= 0.3 is 0 Å². The fourth-order valence-electron chi connectivity index (χ4n) is 6.42. The van der Waals surface area contributed by atoms with E-state index in [-0.39, 0.29) is 5.91 Å². The molecule has 256 valence electrons. The quantitative estimate of drug-likeness (QED) is 0.0563. The summed E-state index contributed by atoms with van der Waals surface area (Å²) in [5.74, 6) is -0.805. The second-order valence-corrected chi connectivity index (χ2v) is 13.3.